The molecule has 3 aliphatic rings. The van der Waals surface area contributed by atoms with E-state index in [4.69, 9.17) is 4.74 Å². The van der Waals surface area contributed by atoms with Crippen LogP contribution in [0.3, 0.4) is 0 Å². The Bertz CT molecular complexity index is 692. The standard InChI is InChI=1S/C26H40N2O/c1-21-9-6-7-13-25(21)26-19-27(16-14-22(26)2)17-18-28-15-8-10-23(28)20-29-24-11-4-3-5-12-24/h6-7,9,13,23-24H,3-5,8,10-12,14-20H2,1-2H3/t23-/m0/s1. The van der Waals surface area contributed by atoms with E-state index in [1.54, 1.807) is 11.1 Å². The normalized spacial score (nSPS) is 25.1. The molecule has 2 fully saturated rings. The summed E-state index contributed by atoms with van der Waals surface area (Å²) in [5.41, 5.74) is 6.00. The van der Waals surface area contributed by atoms with Crippen LogP contribution >= 0.6 is 0 Å². The highest BCUT2D eigenvalue weighted by Gasteiger charge is 2.27. The van der Waals surface area contributed by atoms with Gasteiger partial charge in [0, 0.05) is 32.2 Å². The van der Waals surface area contributed by atoms with Crippen molar-refractivity contribution in [2.45, 2.75) is 77.4 Å². The van der Waals surface area contributed by atoms with Crippen LogP contribution in [0.4, 0.5) is 0 Å². The summed E-state index contributed by atoms with van der Waals surface area (Å²) in [5.74, 6) is 0. The summed E-state index contributed by atoms with van der Waals surface area (Å²) in [7, 11) is 0. The van der Waals surface area contributed by atoms with E-state index in [0.717, 1.165) is 13.2 Å². The number of hydrogen-bond donors (Lipinski definition) is 0. The molecule has 2 heterocycles. The van der Waals surface area contributed by atoms with Crippen molar-refractivity contribution >= 4 is 5.57 Å². The van der Waals surface area contributed by atoms with E-state index in [9.17, 15) is 0 Å². The third-order valence-corrected chi connectivity index (χ3v) is 7.45. The zero-order valence-corrected chi connectivity index (χ0v) is 18.7. The Hall–Kier alpha value is -1.16. The van der Waals surface area contributed by atoms with Crippen molar-refractivity contribution in [3.63, 3.8) is 0 Å². The van der Waals surface area contributed by atoms with Crippen LogP contribution in [0.5, 0.6) is 0 Å². The number of benzene rings is 1. The number of ether oxygens (including phenoxy) is 1. The van der Waals surface area contributed by atoms with Crippen LogP contribution < -0.4 is 0 Å². The highest BCUT2D eigenvalue weighted by atomic mass is 16.5. The zero-order chi connectivity index (χ0) is 20.1. The van der Waals surface area contributed by atoms with Gasteiger partial charge in [0.25, 0.3) is 0 Å². The van der Waals surface area contributed by atoms with Crippen LogP contribution in [0.15, 0.2) is 29.8 Å². The molecule has 3 heteroatoms. The van der Waals surface area contributed by atoms with E-state index in [2.05, 4.69) is 47.9 Å². The third-order valence-electron chi connectivity index (χ3n) is 7.45. The molecule has 1 aromatic carbocycles. The van der Waals surface area contributed by atoms with Crippen molar-refractivity contribution in [1.82, 2.24) is 9.80 Å². The third kappa shape index (κ3) is 5.51. The molecule has 0 aromatic heterocycles. The SMILES string of the molecule is CC1=C(c2ccccc2C)CN(CCN2CCC[C@H]2COC2CCCCC2)CC1. The topological polar surface area (TPSA) is 15.7 Å². The van der Waals surface area contributed by atoms with Crippen LogP contribution in [0.25, 0.3) is 5.57 Å². The van der Waals surface area contributed by atoms with E-state index in [1.807, 2.05) is 0 Å². The molecule has 1 aromatic rings. The van der Waals surface area contributed by atoms with Gasteiger partial charge in [0.15, 0.2) is 0 Å². The minimum atomic E-state index is 0.540. The van der Waals surface area contributed by atoms with E-state index < -0.39 is 0 Å². The van der Waals surface area contributed by atoms with Crippen LogP contribution in [0.2, 0.25) is 0 Å². The summed E-state index contributed by atoms with van der Waals surface area (Å²) in [4.78, 5) is 5.38. The maximum atomic E-state index is 6.33. The Morgan fingerprint density at radius 1 is 0.931 bits per heavy atom. The molecule has 3 nitrogen and oxygen atoms in total. The van der Waals surface area contributed by atoms with Gasteiger partial charge in [-0.3, -0.25) is 9.80 Å². The molecule has 29 heavy (non-hydrogen) atoms. The quantitative estimate of drug-likeness (QED) is 0.623. The predicted octanol–water partition coefficient (Wildman–Crippen LogP) is 5.29. The second kappa shape index (κ2) is 10.2. The molecule has 1 saturated carbocycles. The highest BCUT2D eigenvalue weighted by Crippen LogP contribution is 2.29. The molecule has 1 aliphatic carbocycles. The summed E-state index contributed by atoms with van der Waals surface area (Å²) >= 11 is 0. The molecule has 0 spiro atoms. The van der Waals surface area contributed by atoms with Crippen molar-refractivity contribution in [1.29, 1.82) is 0 Å². The molecular weight excluding hydrogens is 356 g/mol. The van der Waals surface area contributed by atoms with Gasteiger partial charge in [-0.1, -0.05) is 49.1 Å². The Morgan fingerprint density at radius 2 is 1.76 bits per heavy atom. The Kier molecular flexibility index (Phi) is 7.44. The van der Waals surface area contributed by atoms with E-state index in [0.29, 0.717) is 12.1 Å². The molecule has 2 aliphatic heterocycles. The molecule has 1 atom stereocenters. The van der Waals surface area contributed by atoms with Gasteiger partial charge in [-0.15, -0.1) is 0 Å². The first-order valence-corrected chi connectivity index (χ1v) is 12.0. The number of nitrogens with zero attached hydrogens (tertiary/aromatic N) is 2. The number of rotatable bonds is 7. The van der Waals surface area contributed by atoms with Crippen LogP contribution in [-0.2, 0) is 4.74 Å². The Labute approximate surface area is 178 Å². The predicted molar refractivity (Wildman–Crippen MR) is 122 cm³/mol. The molecule has 0 unspecified atom stereocenters. The molecular formula is C26H40N2O. The van der Waals surface area contributed by atoms with Crippen molar-refractivity contribution in [2.24, 2.45) is 0 Å². The average Bonchev–Trinajstić information content (AvgIpc) is 3.20. The molecule has 4 rings (SSSR count). The van der Waals surface area contributed by atoms with Gasteiger partial charge in [0.1, 0.15) is 0 Å². The fraction of sp³-hybridized carbons (Fsp3) is 0.692. The van der Waals surface area contributed by atoms with E-state index in [-0.39, 0.29) is 0 Å². The van der Waals surface area contributed by atoms with Gasteiger partial charge >= 0.3 is 0 Å². The van der Waals surface area contributed by atoms with Gasteiger partial charge in [0.2, 0.25) is 0 Å². The van der Waals surface area contributed by atoms with Crippen molar-refractivity contribution in [2.75, 3.05) is 39.3 Å². The number of hydrogen-bond acceptors (Lipinski definition) is 3. The summed E-state index contributed by atoms with van der Waals surface area (Å²) in [6, 6.07) is 9.53. The van der Waals surface area contributed by atoms with Gasteiger partial charge < -0.3 is 4.74 Å². The first-order valence-electron chi connectivity index (χ1n) is 12.0. The second-order valence-electron chi connectivity index (χ2n) is 9.53. The molecule has 0 radical (unpaired) electrons. The summed E-state index contributed by atoms with van der Waals surface area (Å²) < 4.78 is 6.33. The lowest BCUT2D eigenvalue weighted by molar-refractivity contribution is -0.00128. The molecule has 1 saturated heterocycles. The lowest BCUT2D eigenvalue weighted by Crippen LogP contribution is -2.42. The zero-order valence-electron chi connectivity index (χ0n) is 18.7. The van der Waals surface area contributed by atoms with Crippen LogP contribution in [-0.4, -0.2) is 61.3 Å². The Morgan fingerprint density at radius 3 is 2.59 bits per heavy atom. The lowest BCUT2D eigenvalue weighted by atomic mass is 9.92. The fourth-order valence-electron chi connectivity index (χ4n) is 5.46. The van der Waals surface area contributed by atoms with Crippen LogP contribution in [0, 0.1) is 6.92 Å². The molecule has 0 amide bonds. The molecule has 0 bridgehead atoms. The first kappa shape index (κ1) is 21.1. The minimum absolute atomic E-state index is 0.540. The summed E-state index contributed by atoms with van der Waals surface area (Å²) in [6.07, 6.45) is 11.1. The van der Waals surface area contributed by atoms with Crippen molar-refractivity contribution in [3.8, 4) is 0 Å². The maximum absolute atomic E-state index is 6.33. The van der Waals surface area contributed by atoms with Gasteiger partial charge in [-0.25, -0.2) is 0 Å². The second-order valence-corrected chi connectivity index (χ2v) is 9.53. The molecule has 0 N–H and O–H groups in total. The number of likely N-dealkylation sites (tertiary alicyclic amines) is 1. The van der Waals surface area contributed by atoms with E-state index >= 15 is 0 Å². The first-order chi connectivity index (χ1) is 14.2. The van der Waals surface area contributed by atoms with Gasteiger partial charge in [-0.05, 0) is 69.2 Å². The maximum Gasteiger partial charge on any atom is 0.0625 e. The van der Waals surface area contributed by atoms with Crippen molar-refractivity contribution in [3.05, 3.63) is 41.0 Å². The Balaban J connectivity index is 1.28. The summed E-state index contributed by atoms with van der Waals surface area (Å²) in [5, 5.41) is 0. The monoisotopic (exact) mass is 396 g/mol. The fourth-order valence-corrected chi connectivity index (χ4v) is 5.46. The average molecular weight is 397 g/mol. The van der Waals surface area contributed by atoms with Gasteiger partial charge in [-0.2, -0.15) is 0 Å². The van der Waals surface area contributed by atoms with Crippen LogP contribution in [0.1, 0.15) is 69.4 Å². The molecule has 160 valence electrons. The summed E-state index contributed by atoms with van der Waals surface area (Å²) in [6.45, 7) is 11.5. The smallest absolute Gasteiger partial charge is 0.0625 e. The lowest BCUT2D eigenvalue weighted by Gasteiger charge is -2.33. The van der Waals surface area contributed by atoms with E-state index in [1.165, 1.54) is 88.7 Å². The largest absolute Gasteiger partial charge is 0.377 e. The van der Waals surface area contributed by atoms with Crippen molar-refractivity contribution < 1.29 is 4.74 Å². The van der Waals surface area contributed by atoms with Gasteiger partial charge in [0.05, 0.1) is 12.7 Å². The minimum Gasteiger partial charge on any atom is -0.377 e. The number of aryl methyl sites for hydroxylation is 1. The highest BCUT2D eigenvalue weighted by molar-refractivity contribution is 5.72.